The molecule has 0 aliphatic heterocycles. The molecule has 1 aromatic heterocycles. The average molecular weight is 499 g/mol. The number of carbonyl (C=O) groups is 1. The van der Waals surface area contributed by atoms with E-state index in [-0.39, 0.29) is 27.6 Å². The Kier molecular flexibility index (Phi) is 6.67. The van der Waals surface area contributed by atoms with Gasteiger partial charge in [-0.25, -0.2) is 17.8 Å². The maximum absolute atomic E-state index is 13.3. The van der Waals surface area contributed by atoms with Gasteiger partial charge in [0.2, 0.25) is 0 Å². The molecule has 10 heteroatoms. The minimum atomic E-state index is -3.97. The molecular weight excluding hydrogens is 479 g/mol. The molecule has 4 rings (SSSR count). The summed E-state index contributed by atoms with van der Waals surface area (Å²) in [6.07, 6.45) is 5.25. The van der Waals surface area contributed by atoms with Crippen molar-refractivity contribution < 1.29 is 17.6 Å². The highest BCUT2D eigenvalue weighted by Crippen LogP contribution is 2.22. The summed E-state index contributed by atoms with van der Waals surface area (Å²) in [7, 11) is -3.97. The fourth-order valence-electron chi connectivity index (χ4n) is 3.26. The Hall–Kier alpha value is -3.69. The van der Waals surface area contributed by atoms with Gasteiger partial charge in [0, 0.05) is 29.3 Å². The molecule has 174 valence electrons. The number of rotatable bonds is 7. The van der Waals surface area contributed by atoms with Crippen molar-refractivity contribution >= 4 is 33.2 Å². The second kappa shape index (κ2) is 9.66. The zero-order chi connectivity index (χ0) is 24.3. The van der Waals surface area contributed by atoms with Crippen molar-refractivity contribution in [3.05, 3.63) is 107 Å². The summed E-state index contributed by atoms with van der Waals surface area (Å²) in [6, 6.07) is 16.6. The van der Waals surface area contributed by atoms with Crippen molar-refractivity contribution in [2.75, 3.05) is 4.72 Å². The highest BCUT2D eigenvalue weighted by Gasteiger charge is 2.17. The smallest absolute Gasteiger partial charge is 0.261 e. The summed E-state index contributed by atoms with van der Waals surface area (Å²) >= 11 is 5.68. The molecule has 3 aromatic carbocycles. The van der Waals surface area contributed by atoms with Crippen LogP contribution in [0.1, 0.15) is 28.9 Å². The Morgan fingerprint density at radius 3 is 2.38 bits per heavy atom. The number of anilines is 1. The maximum atomic E-state index is 13.3. The molecule has 1 heterocycles. The third kappa shape index (κ3) is 5.27. The van der Waals surface area contributed by atoms with Crippen LogP contribution in [0.25, 0.3) is 5.69 Å². The van der Waals surface area contributed by atoms with Gasteiger partial charge in [-0.1, -0.05) is 23.7 Å². The van der Waals surface area contributed by atoms with Crippen LogP contribution < -0.4 is 10.0 Å². The fourth-order valence-corrected chi connectivity index (χ4v) is 4.59. The van der Waals surface area contributed by atoms with Crippen molar-refractivity contribution in [1.29, 1.82) is 0 Å². The Bertz CT molecular complexity index is 1410. The first-order valence-corrected chi connectivity index (χ1v) is 12.1. The number of nitrogens with one attached hydrogen (secondary N) is 2. The molecule has 0 aliphatic carbocycles. The Morgan fingerprint density at radius 1 is 1.06 bits per heavy atom. The van der Waals surface area contributed by atoms with Gasteiger partial charge in [-0.15, -0.1) is 0 Å². The minimum absolute atomic E-state index is 0.173. The number of carbonyl (C=O) groups excluding carboxylic acids is 1. The lowest BCUT2D eigenvalue weighted by Gasteiger charge is -2.15. The minimum Gasteiger partial charge on any atom is -0.346 e. The van der Waals surface area contributed by atoms with E-state index in [0.717, 1.165) is 29.4 Å². The first-order chi connectivity index (χ1) is 16.2. The number of hydrogen-bond acceptors (Lipinski definition) is 4. The largest absolute Gasteiger partial charge is 0.346 e. The third-order valence-corrected chi connectivity index (χ3v) is 6.81. The molecule has 1 atom stereocenters. The predicted molar refractivity (Wildman–Crippen MR) is 128 cm³/mol. The Labute approximate surface area is 201 Å². The van der Waals surface area contributed by atoms with Gasteiger partial charge in [-0.05, 0) is 67.1 Å². The van der Waals surface area contributed by atoms with E-state index in [9.17, 15) is 17.6 Å². The van der Waals surface area contributed by atoms with E-state index in [1.807, 2.05) is 42.0 Å². The normalized spacial score (nSPS) is 12.2. The number of amides is 1. The second-order valence-electron chi connectivity index (χ2n) is 7.52. The molecule has 0 saturated heterocycles. The zero-order valence-corrected chi connectivity index (χ0v) is 19.5. The van der Waals surface area contributed by atoms with Crippen LogP contribution in [0.15, 0.2) is 90.3 Å². The summed E-state index contributed by atoms with van der Waals surface area (Å²) in [5.74, 6) is -1.01. The predicted octanol–water partition coefficient (Wildman–Crippen LogP) is 4.96. The van der Waals surface area contributed by atoms with Crippen molar-refractivity contribution in [2.24, 2.45) is 0 Å². The summed E-state index contributed by atoms with van der Waals surface area (Å²) < 4.78 is 42.6. The van der Waals surface area contributed by atoms with E-state index in [4.69, 9.17) is 11.6 Å². The van der Waals surface area contributed by atoms with E-state index in [1.165, 1.54) is 24.3 Å². The van der Waals surface area contributed by atoms with Gasteiger partial charge < -0.3 is 9.88 Å². The molecule has 1 amide bonds. The number of sulfonamides is 1. The molecular formula is C24H20ClFN4O3S. The first kappa shape index (κ1) is 23.5. The molecule has 7 nitrogen and oxygen atoms in total. The standard InChI is InChI=1S/C24H20ClFN4O3S/c1-16(17-4-8-20(9-5-17)30-13-12-27-15-30)28-24(31)18-2-6-19(7-3-18)29-34(32,33)21-10-11-23(26)22(25)14-21/h2-16,29H,1H3,(H,28,31). The molecule has 0 spiro atoms. The lowest BCUT2D eigenvalue weighted by atomic mass is 10.1. The van der Waals surface area contributed by atoms with Gasteiger partial charge in [-0.2, -0.15) is 0 Å². The van der Waals surface area contributed by atoms with Gasteiger partial charge in [0.05, 0.1) is 22.3 Å². The molecule has 4 aromatic rings. The summed E-state index contributed by atoms with van der Waals surface area (Å²) in [5.41, 5.74) is 2.51. The van der Waals surface area contributed by atoms with E-state index >= 15 is 0 Å². The van der Waals surface area contributed by atoms with Crippen LogP contribution >= 0.6 is 11.6 Å². The van der Waals surface area contributed by atoms with Crippen LogP contribution in [0.5, 0.6) is 0 Å². The van der Waals surface area contributed by atoms with Crippen LogP contribution in [0.4, 0.5) is 10.1 Å². The van der Waals surface area contributed by atoms with Crippen molar-refractivity contribution in [3.8, 4) is 5.69 Å². The van der Waals surface area contributed by atoms with Gasteiger partial charge in [0.1, 0.15) is 5.82 Å². The van der Waals surface area contributed by atoms with Crippen LogP contribution in [-0.2, 0) is 10.0 Å². The number of benzene rings is 3. The van der Waals surface area contributed by atoms with Crippen LogP contribution in [-0.4, -0.2) is 23.9 Å². The number of nitrogens with zero attached hydrogens (tertiary/aromatic N) is 2. The molecule has 0 radical (unpaired) electrons. The van der Waals surface area contributed by atoms with E-state index < -0.39 is 15.8 Å². The summed E-state index contributed by atoms with van der Waals surface area (Å²) in [5, 5.41) is 2.63. The van der Waals surface area contributed by atoms with Crippen LogP contribution in [0.3, 0.4) is 0 Å². The van der Waals surface area contributed by atoms with Crippen molar-refractivity contribution in [1.82, 2.24) is 14.9 Å². The number of hydrogen-bond donors (Lipinski definition) is 2. The Balaban J connectivity index is 1.40. The van der Waals surface area contributed by atoms with Crippen molar-refractivity contribution in [3.63, 3.8) is 0 Å². The first-order valence-electron chi connectivity index (χ1n) is 10.2. The zero-order valence-electron chi connectivity index (χ0n) is 17.9. The Morgan fingerprint density at radius 2 is 1.76 bits per heavy atom. The van der Waals surface area contributed by atoms with E-state index in [0.29, 0.717) is 5.56 Å². The third-order valence-electron chi connectivity index (χ3n) is 5.14. The van der Waals surface area contributed by atoms with Gasteiger partial charge >= 0.3 is 0 Å². The molecule has 0 fully saturated rings. The van der Waals surface area contributed by atoms with E-state index in [2.05, 4.69) is 15.0 Å². The monoisotopic (exact) mass is 498 g/mol. The highest BCUT2D eigenvalue weighted by molar-refractivity contribution is 7.92. The maximum Gasteiger partial charge on any atom is 0.261 e. The number of imidazole rings is 1. The van der Waals surface area contributed by atoms with Gasteiger partial charge in [0.25, 0.3) is 15.9 Å². The lowest BCUT2D eigenvalue weighted by molar-refractivity contribution is 0.0940. The van der Waals surface area contributed by atoms with E-state index in [1.54, 1.807) is 12.5 Å². The quantitative estimate of drug-likeness (QED) is 0.377. The molecule has 34 heavy (non-hydrogen) atoms. The SMILES string of the molecule is CC(NC(=O)c1ccc(NS(=O)(=O)c2ccc(F)c(Cl)c2)cc1)c1ccc(-n2ccnc2)cc1. The number of halogens is 2. The summed E-state index contributed by atoms with van der Waals surface area (Å²) in [6.45, 7) is 1.88. The summed E-state index contributed by atoms with van der Waals surface area (Å²) in [4.78, 5) is 16.5. The van der Waals surface area contributed by atoms with Crippen LogP contribution in [0, 0.1) is 5.82 Å². The molecule has 0 saturated carbocycles. The molecule has 0 bridgehead atoms. The van der Waals surface area contributed by atoms with Crippen molar-refractivity contribution in [2.45, 2.75) is 17.9 Å². The average Bonchev–Trinajstić information content (AvgIpc) is 3.36. The number of aromatic nitrogens is 2. The fraction of sp³-hybridized carbons (Fsp3) is 0.0833. The van der Waals surface area contributed by atoms with Gasteiger partial charge in [-0.3, -0.25) is 9.52 Å². The molecule has 2 N–H and O–H groups in total. The molecule has 1 unspecified atom stereocenters. The molecule has 0 aliphatic rings. The highest BCUT2D eigenvalue weighted by atomic mass is 35.5. The lowest BCUT2D eigenvalue weighted by Crippen LogP contribution is -2.26. The van der Waals surface area contributed by atoms with Crippen LogP contribution in [0.2, 0.25) is 5.02 Å². The topological polar surface area (TPSA) is 93.1 Å². The second-order valence-corrected chi connectivity index (χ2v) is 9.61. The van der Waals surface area contributed by atoms with Gasteiger partial charge in [0.15, 0.2) is 0 Å².